The zero-order chi connectivity index (χ0) is 13.2. The minimum absolute atomic E-state index is 0.0181. The quantitative estimate of drug-likeness (QED) is 0.729. The fourth-order valence-electron chi connectivity index (χ4n) is 1.15. The molecule has 9 heteroatoms. The van der Waals surface area contributed by atoms with Crippen LogP contribution in [0.15, 0.2) is 6.20 Å². The standard InChI is InChI=1S/C8H8F3N3O3/c9-8(10,11)17-6-5(13)4(7(15)16)3(1-12)2-14-6/h2H,1,12-13H2,(H,15,16). The maximum atomic E-state index is 11.9. The number of carbonyl (C=O) groups is 1. The number of nitrogen functional groups attached to an aromatic ring is 1. The van der Waals surface area contributed by atoms with Gasteiger partial charge in [0.15, 0.2) is 0 Å². The molecule has 1 rings (SSSR count). The van der Waals surface area contributed by atoms with Crippen molar-refractivity contribution in [1.29, 1.82) is 0 Å². The van der Waals surface area contributed by atoms with E-state index in [1.807, 2.05) is 0 Å². The van der Waals surface area contributed by atoms with E-state index in [0.717, 1.165) is 6.20 Å². The van der Waals surface area contributed by atoms with Crippen LogP contribution in [0.5, 0.6) is 5.88 Å². The first kappa shape index (κ1) is 13.0. The van der Waals surface area contributed by atoms with Crippen molar-refractivity contribution in [1.82, 2.24) is 4.98 Å². The predicted molar refractivity (Wildman–Crippen MR) is 50.2 cm³/mol. The van der Waals surface area contributed by atoms with Crippen LogP contribution in [0.25, 0.3) is 0 Å². The molecule has 1 heterocycles. The molecular weight excluding hydrogens is 243 g/mol. The molecule has 17 heavy (non-hydrogen) atoms. The third kappa shape index (κ3) is 2.97. The second kappa shape index (κ2) is 4.45. The number of halogens is 3. The van der Waals surface area contributed by atoms with Crippen molar-refractivity contribution in [2.45, 2.75) is 12.9 Å². The highest BCUT2D eigenvalue weighted by molar-refractivity contribution is 5.96. The van der Waals surface area contributed by atoms with E-state index in [4.69, 9.17) is 16.6 Å². The van der Waals surface area contributed by atoms with Crippen LogP contribution in [0.3, 0.4) is 0 Å². The van der Waals surface area contributed by atoms with Gasteiger partial charge in [0.2, 0.25) is 5.88 Å². The summed E-state index contributed by atoms with van der Waals surface area (Å²) in [6, 6.07) is 0. The number of hydrogen-bond acceptors (Lipinski definition) is 5. The van der Waals surface area contributed by atoms with Crippen molar-refractivity contribution in [2.24, 2.45) is 5.73 Å². The topological polar surface area (TPSA) is 111 Å². The van der Waals surface area contributed by atoms with Crippen LogP contribution in [0.4, 0.5) is 18.9 Å². The van der Waals surface area contributed by atoms with Crippen LogP contribution < -0.4 is 16.2 Å². The van der Waals surface area contributed by atoms with E-state index >= 15 is 0 Å². The lowest BCUT2D eigenvalue weighted by Crippen LogP contribution is -2.21. The Morgan fingerprint density at radius 3 is 2.53 bits per heavy atom. The molecule has 1 aromatic rings. The first-order valence-corrected chi connectivity index (χ1v) is 4.22. The molecule has 0 aliphatic heterocycles. The second-order valence-corrected chi connectivity index (χ2v) is 2.93. The highest BCUT2D eigenvalue weighted by Gasteiger charge is 2.34. The van der Waals surface area contributed by atoms with Gasteiger partial charge in [-0.2, -0.15) is 0 Å². The summed E-state index contributed by atoms with van der Waals surface area (Å²) in [4.78, 5) is 14.1. The monoisotopic (exact) mass is 251 g/mol. The number of pyridine rings is 1. The molecule has 5 N–H and O–H groups in total. The Morgan fingerprint density at radius 2 is 2.12 bits per heavy atom. The van der Waals surface area contributed by atoms with Crippen LogP contribution >= 0.6 is 0 Å². The molecule has 0 aromatic carbocycles. The number of alkyl halides is 3. The van der Waals surface area contributed by atoms with Gasteiger partial charge in [0.1, 0.15) is 5.69 Å². The number of aromatic carboxylic acids is 1. The summed E-state index contributed by atoms with van der Waals surface area (Å²) in [5, 5.41) is 8.80. The fraction of sp³-hybridized carbons (Fsp3) is 0.250. The lowest BCUT2D eigenvalue weighted by molar-refractivity contribution is -0.275. The molecule has 0 amide bonds. The third-order valence-corrected chi connectivity index (χ3v) is 1.80. The van der Waals surface area contributed by atoms with Crippen molar-refractivity contribution in [3.05, 3.63) is 17.3 Å². The lowest BCUT2D eigenvalue weighted by Gasteiger charge is -2.13. The molecule has 0 radical (unpaired) electrons. The predicted octanol–water partition coefficient (Wildman–Crippen LogP) is 0.719. The van der Waals surface area contributed by atoms with E-state index in [9.17, 15) is 18.0 Å². The summed E-state index contributed by atoms with van der Waals surface area (Å²) in [5.41, 5.74) is 9.22. The van der Waals surface area contributed by atoms with Crippen LogP contribution in [-0.4, -0.2) is 22.4 Å². The minimum Gasteiger partial charge on any atom is -0.478 e. The van der Waals surface area contributed by atoms with Crippen molar-refractivity contribution in [3.8, 4) is 5.88 Å². The molecule has 0 unspecified atom stereocenters. The Kier molecular flexibility index (Phi) is 3.42. The zero-order valence-corrected chi connectivity index (χ0v) is 8.28. The Hall–Kier alpha value is -2.03. The fourth-order valence-corrected chi connectivity index (χ4v) is 1.15. The number of carboxylic acid groups (broad SMARTS) is 1. The molecule has 0 aliphatic rings. The van der Waals surface area contributed by atoms with E-state index in [0.29, 0.717) is 0 Å². The van der Waals surface area contributed by atoms with Gasteiger partial charge in [0, 0.05) is 18.3 Å². The Bertz CT molecular complexity index is 448. The first-order chi connectivity index (χ1) is 7.76. The van der Waals surface area contributed by atoms with E-state index in [2.05, 4.69) is 9.72 Å². The smallest absolute Gasteiger partial charge is 0.478 e. The van der Waals surface area contributed by atoms with Gasteiger partial charge in [0.25, 0.3) is 0 Å². The molecule has 0 bridgehead atoms. The summed E-state index contributed by atoms with van der Waals surface area (Å²) in [5.74, 6) is -2.51. The number of aromatic nitrogens is 1. The Labute approximate surface area is 93.0 Å². The van der Waals surface area contributed by atoms with Gasteiger partial charge in [-0.15, -0.1) is 13.2 Å². The van der Waals surface area contributed by atoms with E-state index in [1.165, 1.54) is 0 Å². The van der Waals surface area contributed by atoms with Crippen LogP contribution in [0.2, 0.25) is 0 Å². The molecule has 0 spiro atoms. The summed E-state index contributed by atoms with van der Waals surface area (Å²) in [6.07, 6.45) is -4.12. The number of rotatable bonds is 3. The number of anilines is 1. The van der Waals surface area contributed by atoms with Gasteiger partial charge in [-0.25, -0.2) is 9.78 Å². The maximum Gasteiger partial charge on any atom is 0.574 e. The molecule has 1 aromatic heterocycles. The molecule has 0 saturated heterocycles. The minimum atomic E-state index is -5.00. The van der Waals surface area contributed by atoms with E-state index < -0.39 is 29.5 Å². The largest absolute Gasteiger partial charge is 0.574 e. The summed E-state index contributed by atoms with van der Waals surface area (Å²) in [6.45, 7) is -0.217. The molecule has 0 atom stereocenters. The van der Waals surface area contributed by atoms with Crippen molar-refractivity contribution in [3.63, 3.8) is 0 Å². The maximum absolute atomic E-state index is 11.9. The van der Waals surface area contributed by atoms with Crippen molar-refractivity contribution in [2.75, 3.05) is 5.73 Å². The highest BCUT2D eigenvalue weighted by atomic mass is 19.4. The van der Waals surface area contributed by atoms with Gasteiger partial charge < -0.3 is 21.3 Å². The number of carboxylic acids is 1. The van der Waals surface area contributed by atoms with E-state index in [-0.39, 0.29) is 12.1 Å². The van der Waals surface area contributed by atoms with Crippen LogP contribution in [-0.2, 0) is 6.54 Å². The SMILES string of the molecule is NCc1cnc(OC(F)(F)F)c(N)c1C(=O)O. The zero-order valence-electron chi connectivity index (χ0n) is 8.28. The number of nitrogens with two attached hydrogens (primary N) is 2. The second-order valence-electron chi connectivity index (χ2n) is 2.93. The molecular formula is C8H8F3N3O3. The van der Waals surface area contributed by atoms with E-state index in [1.54, 1.807) is 0 Å². The van der Waals surface area contributed by atoms with Crippen molar-refractivity contribution < 1.29 is 27.8 Å². The van der Waals surface area contributed by atoms with Gasteiger partial charge >= 0.3 is 12.3 Å². The van der Waals surface area contributed by atoms with Crippen LogP contribution in [0, 0.1) is 0 Å². The molecule has 0 saturated carbocycles. The molecule has 6 nitrogen and oxygen atoms in total. The first-order valence-electron chi connectivity index (χ1n) is 4.22. The summed E-state index contributed by atoms with van der Waals surface area (Å²) >= 11 is 0. The lowest BCUT2D eigenvalue weighted by atomic mass is 10.1. The molecule has 0 aliphatic carbocycles. The average Bonchev–Trinajstić information content (AvgIpc) is 2.18. The normalized spacial score (nSPS) is 11.3. The summed E-state index contributed by atoms with van der Waals surface area (Å²) in [7, 11) is 0. The number of hydrogen-bond donors (Lipinski definition) is 3. The Morgan fingerprint density at radius 1 is 1.53 bits per heavy atom. The van der Waals surface area contributed by atoms with Gasteiger partial charge in [-0.3, -0.25) is 0 Å². The van der Waals surface area contributed by atoms with Crippen molar-refractivity contribution >= 4 is 11.7 Å². The third-order valence-electron chi connectivity index (χ3n) is 1.80. The Balaban J connectivity index is 3.28. The average molecular weight is 251 g/mol. The highest BCUT2D eigenvalue weighted by Crippen LogP contribution is 2.30. The van der Waals surface area contributed by atoms with Gasteiger partial charge in [-0.05, 0) is 0 Å². The van der Waals surface area contributed by atoms with Gasteiger partial charge in [0.05, 0.1) is 5.56 Å². The molecule has 0 fully saturated rings. The number of ether oxygens (including phenoxy) is 1. The summed E-state index contributed by atoms with van der Waals surface area (Å²) < 4.78 is 39.3. The van der Waals surface area contributed by atoms with Crippen LogP contribution in [0.1, 0.15) is 15.9 Å². The van der Waals surface area contributed by atoms with Gasteiger partial charge in [-0.1, -0.05) is 0 Å². The number of nitrogens with zero attached hydrogens (tertiary/aromatic N) is 1. The molecule has 94 valence electrons.